The lowest BCUT2D eigenvalue weighted by Gasteiger charge is -2.25. The molecule has 0 aromatic heterocycles. The van der Waals surface area contributed by atoms with Crippen molar-refractivity contribution < 1.29 is 19.0 Å². The molecule has 2 N–H and O–H groups in total. The van der Waals surface area contributed by atoms with E-state index in [1.54, 1.807) is 17.0 Å². The maximum Gasteiger partial charge on any atom is 0.318 e. The fourth-order valence-electron chi connectivity index (χ4n) is 2.38. The highest BCUT2D eigenvalue weighted by Gasteiger charge is 2.28. The van der Waals surface area contributed by atoms with E-state index < -0.39 is 0 Å². The van der Waals surface area contributed by atoms with E-state index in [4.69, 9.17) is 4.74 Å². The zero-order valence-corrected chi connectivity index (χ0v) is 12.1. The first kappa shape index (κ1) is 15.6. The smallest absolute Gasteiger partial charge is 0.318 e. The Labute approximate surface area is 123 Å². The molecule has 0 spiro atoms. The van der Waals surface area contributed by atoms with E-state index in [0.29, 0.717) is 18.9 Å². The van der Waals surface area contributed by atoms with Crippen LogP contribution in [0, 0.1) is 5.82 Å². The first-order valence-corrected chi connectivity index (χ1v) is 7.16. The van der Waals surface area contributed by atoms with Gasteiger partial charge in [0.05, 0.1) is 18.7 Å². The highest BCUT2D eigenvalue weighted by Crippen LogP contribution is 2.16. The zero-order chi connectivity index (χ0) is 15.2. The van der Waals surface area contributed by atoms with Gasteiger partial charge in [-0.1, -0.05) is 0 Å². The molecule has 0 bridgehead atoms. The Kier molecular flexibility index (Phi) is 5.38. The van der Waals surface area contributed by atoms with E-state index in [1.165, 1.54) is 12.1 Å². The predicted molar refractivity (Wildman–Crippen MR) is 76.7 cm³/mol. The number of likely N-dealkylation sites (tertiary alicyclic amines) is 1. The van der Waals surface area contributed by atoms with Crippen molar-refractivity contribution in [3.05, 3.63) is 30.1 Å². The molecule has 21 heavy (non-hydrogen) atoms. The Bertz CT molecular complexity index is 466. The number of halogens is 1. The molecule has 1 saturated heterocycles. The number of urea groups is 1. The minimum Gasteiger partial charge on any atom is -0.491 e. The van der Waals surface area contributed by atoms with Crippen LogP contribution in [0.15, 0.2) is 24.3 Å². The monoisotopic (exact) mass is 296 g/mol. The summed E-state index contributed by atoms with van der Waals surface area (Å²) in [6, 6.07) is 5.31. The summed E-state index contributed by atoms with van der Waals surface area (Å²) in [7, 11) is 0. The Hall–Kier alpha value is -1.82. The van der Waals surface area contributed by atoms with Crippen LogP contribution in [0.1, 0.15) is 19.8 Å². The number of benzene rings is 1. The van der Waals surface area contributed by atoms with Crippen molar-refractivity contribution in [1.29, 1.82) is 0 Å². The first-order valence-electron chi connectivity index (χ1n) is 7.16. The van der Waals surface area contributed by atoms with Crippen LogP contribution in [0.25, 0.3) is 0 Å². The number of aliphatic hydroxyl groups excluding tert-OH is 1. The molecule has 1 aromatic carbocycles. The number of hydrogen-bond acceptors (Lipinski definition) is 3. The number of hydrogen-bond donors (Lipinski definition) is 2. The van der Waals surface area contributed by atoms with Gasteiger partial charge in [-0.05, 0) is 44.0 Å². The molecule has 1 aliphatic rings. The Morgan fingerprint density at radius 2 is 2.24 bits per heavy atom. The van der Waals surface area contributed by atoms with Gasteiger partial charge in [-0.3, -0.25) is 0 Å². The SMILES string of the molecule is CC(COc1ccc(F)cc1)NC(=O)N1CCCC1CO. The molecule has 2 atom stereocenters. The second-order valence-corrected chi connectivity index (χ2v) is 5.29. The lowest BCUT2D eigenvalue weighted by molar-refractivity contribution is 0.152. The fourth-order valence-corrected chi connectivity index (χ4v) is 2.38. The topological polar surface area (TPSA) is 61.8 Å². The van der Waals surface area contributed by atoms with Gasteiger partial charge in [0, 0.05) is 6.54 Å². The van der Waals surface area contributed by atoms with Crippen LogP contribution in [0.2, 0.25) is 0 Å². The van der Waals surface area contributed by atoms with Gasteiger partial charge in [0.2, 0.25) is 0 Å². The summed E-state index contributed by atoms with van der Waals surface area (Å²) in [5.41, 5.74) is 0. The number of ether oxygens (including phenoxy) is 1. The van der Waals surface area contributed by atoms with E-state index in [2.05, 4.69) is 5.32 Å². The van der Waals surface area contributed by atoms with Crippen molar-refractivity contribution in [2.75, 3.05) is 19.8 Å². The largest absolute Gasteiger partial charge is 0.491 e. The molecule has 2 amide bonds. The summed E-state index contributed by atoms with van der Waals surface area (Å²) in [6.07, 6.45) is 1.75. The molecular formula is C15H21FN2O3. The molecule has 2 rings (SSSR count). The van der Waals surface area contributed by atoms with Gasteiger partial charge in [-0.2, -0.15) is 0 Å². The van der Waals surface area contributed by atoms with E-state index in [9.17, 15) is 14.3 Å². The first-order chi connectivity index (χ1) is 10.1. The third-order valence-electron chi connectivity index (χ3n) is 3.53. The molecule has 5 nitrogen and oxygen atoms in total. The highest BCUT2D eigenvalue weighted by atomic mass is 19.1. The number of nitrogens with one attached hydrogen (secondary N) is 1. The summed E-state index contributed by atoms with van der Waals surface area (Å²) < 4.78 is 18.3. The van der Waals surface area contributed by atoms with Crippen LogP contribution in [0.3, 0.4) is 0 Å². The molecule has 2 unspecified atom stereocenters. The predicted octanol–water partition coefficient (Wildman–Crippen LogP) is 1.76. The maximum absolute atomic E-state index is 12.8. The third kappa shape index (κ3) is 4.32. The molecule has 0 saturated carbocycles. The summed E-state index contributed by atoms with van der Waals surface area (Å²) in [5, 5.41) is 12.1. The molecular weight excluding hydrogens is 275 g/mol. The number of carbonyl (C=O) groups excluding carboxylic acids is 1. The molecule has 1 fully saturated rings. The van der Waals surface area contributed by atoms with Crippen molar-refractivity contribution in [3.8, 4) is 5.75 Å². The fraction of sp³-hybridized carbons (Fsp3) is 0.533. The van der Waals surface area contributed by atoms with Gasteiger partial charge in [-0.25, -0.2) is 9.18 Å². The standard InChI is InChI=1S/C15H21FN2O3/c1-11(10-21-14-6-4-12(16)5-7-14)17-15(20)18-8-2-3-13(18)9-19/h4-7,11,13,19H,2-3,8-10H2,1H3,(H,17,20). The van der Waals surface area contributed by atoms with E-state index in [-0.39, 0.29) is 30.5 Å². The summed E-state index contributed by atoms with van der Waals surface area (Å²) in [4.78, 5) is 13.7. The van der Waals surface area contributed by atoms with Crippen LogP contribution in [-0.4, -0.2) is 47.9 Å². The number of aliphatic hydroxyl groups is 1. The lowest BCUT2D eigenvalue weighted by Crippen LogP contribution is -2.48. The average molecular weight is 296 g/mol. The Balaban J connectivity index is 1.77. The summed E-state index contributed by atoms with van der Waals surface area (Å²) in [6.45, 7) is 2.80. The number of rotatable bonds is 5. The van der Waals surface area contributed by atoms with E-state index in [1.807, 2.05) is 6.92 Å². The molecule has 1 heterocycles. The average Bonchev–Trinajstić information content (AvgIpc) is 2.95. The maximum atomic E-state index is 12.8. The summed E-state index contributed by atoms with van der Waals surface area (Å²) >= 11 is 0. The second-order valence-electron chi connectivity index (χ2n) is 5.29. The number of carbonyl (C=O) groups is 1. The van der Waals surface area contributed by atoms with Gasteiger partial charge in [-0.15, -0.1) is 0 Å². The molecule has 116 valence electrons. The molecule has 0 radical (unpaired) electrons. The molecule has 6 heteroatoms. The highest BCUT2D eigenvalue weighted by molar-refractivity contribution is 5.75. The van der Waals surface area contributed by atoms with Crippen molar-refractivity contribution >= 4 is 6.03 Å². The van der Waals surface area contributed by atoms with Gasteiger partial charge < -0.3 is 20.1 Å². The third-order valence-corrected chi connectivity index (χ3v) is 3.53. The van der Waals surface area contributed by atoms with Crippen LogP contribution in [0.4, 0.5) is 9.18 Å². The van der Waals surface area contributed by atoms with E-state index in [0.717, 1.165) is 12.8 Å². The lowest BCUT2D eigenvalue weighted by atomic mass is 10.2. The van der Waals surface area contributed by atoms with Crippen LogP contribution >= 0.6 is 0 Å². The van der Waals surface area contributed by atoms with Crippen LogP contribution < -0.4 is 10.1 Å². The van der Waals surface area contributed by atoms with Gasteiger partial charge in [0.25, 0.3) is 0 Å². The normalized spacial score (nSPS) is 19.4. The summed E-state index contributed by atoms with van der Waals surface area (Å²) in [5.74, 6) is 0.250. The van der Waals surface area contributed by atoms with Gasteiger partial charge in [0.1, 0.15) is 18.2 Å². The second kappa shape index (κ2) is 7.26. The van der Waals surface area contributed by atoms with E-state index >= 15 is 0 Å². The number of amides is 2. The zero-order valence-electron chi connectivity index (χ0n) is 12.1. The van der Waals surface area contributed by atoms with Crippen LogP contribution in [-0.2, 0) is 0 Å². The van der Waals surface area contributed by atoms with Crippen molar-refractivity contribution in [1.82, 2.24) is 10.2 Å². The van der Waals surface area contributed by atoms with Crippen molar-refractivity contribution in [3.63, 3.8) is 0 Å². The minimum absolute atomic E-state index is 0.00607. The Morgan fingerprint density at radius 3 is 2.90 bits per heavy atom. The molecule has 1 aliphatic heterocycles. The quantitative estimate of drug-likeness (QED) is 0.870. The van der Waals surface area contributed by atoms with Gasteiger partial charge in [0.15, 0.2) is 0 Å². The molecule has 0 aliphatic carbocycles. The Morgan fingerprint density at radius 1 is 1.52 bits per heavy atom. The minimum atomic E-state index is -0.312. The molecule has 1 aromatic rings. The van der Waals surface area contributed by atoms with Crippen LogP contribution in [0.5, 0.6) is 5.75 Å². The van der Waals surface area contributed by atoms with Crippen molar-refractivity contribution in [2.24, 2.45) is 0 Å². The van der Waals surface area contributed by atoms with Gasteiger partial charge >= 0.3 is 6.03 Å². The van der Waals surface area contributed by atoms with Crippen molar-refractivity contribution in [2.45, 2.75) is 31.8 Å². The number of nitrogens with zero attached hydrogens (tertiary/aromatic N) is 1.